The van der Waals surface area contributed by atoms with Crippen molar-refractivity contribution in [3.05, 3.63) is 0 Å². The van der Waals surface area contributed by atoms with Gasteiger partial charge in [0.05, 0.1) is 0 Å². The first kappa shape index (κ1) is 9.01. The maximum atomic E-state index is 3.37. The van der Waals surface area contributed by atoms with Crippen LogP contribution in [0.4, 0.5) is 0 Å². The van der Waals surface area contributed by atoms with Gasteiger partial charge in [-0.05, 0) is 20.3 Å². The molecule has 0 unspecified atom stereocenters. The summed E-state index contributed by atoms with van der Waals surface area (Å²) in [7, 11) is 0. The molecule has 1 saturated heterocycles. The van der Waals surface area contributed by atoms with Gasteiger partial charge in [-0.25, -0.2) is 0 Å². The largest absolute Gasteiger partial charge is 0.314 e. The predicted molar refractivity (Wildman–Crippen MR) is 48.8 cm³/mol. The van der Waals surface area contributed by atoms with Crippen LogP contribution in [0.3, 0.4) is 0 Å². The quantitative estimate of drug-likeness (QED) is 0.643. The molecule has 1 N–H and O–H groups in total. The highest BCUT2D eigenvalue weighted by Gasteiger charge is 2.25. The molecule has 2 nitrogen and oxygen atoms in total. The fourth-order valence-corrected chi connectivity index (χ4v) is 1.49. The molecule has 0 saturated carbocycles. The van der Waals surface area contributed by atoms with Crippen LogP contribution in [0.15, 0.2) is 0 Å². The van der Waals surface area contributed by atoms with Gasteiger partial charge in [-0.1, -0.05) is 6.92 Å². The minimum Gasteiger partial charge on any atom is -0.314 e. The molecule has 0 radical (unpaired) electrons. The smallest absolute Gasteiger partial charge is 0.0151 e. The van der Waals surface area contributed by atoms with Crippen molar-refractivity contribution in [2.75, 3.05) is 26.2 Å². The lowest BCUT2D eigenvalue weighted by Crippen LogP contribution is -2.53. The van der Waals surface area contributed by atoms with Crippen molar-refractivity contribution in [1.29, 1.82) is 0 Å². The third-order valence-corrected chi connectivity index (χ3v) is 2.84. The van der Waals surface area contributed by atoms with E-state index in [9.17, 15) is 0 Å². The van der Waals surface area contributed by atoms with E-state index in [-0.39, 0.29) is 0 Å². The van der Waals surface area contributed by atoms with E-state index in [1.165, 1.54) is 19.5 Å². The summed E-state index contributed by atoms with van der Waals surface area (Å²) in [5, 5.41) is 3.37. The van der Waals surface area contributed by atoms with Crippen LogP contribution < -0.4 is 5.32 Å². The van der Waals surface area contributed by atoms with Gasteiger partial charge in [0, 0.05) is 31.7 Å². The topological polar surface area (TPSA) is 15.3 Å². The average Bonchev–Trinajstić information content (AvgIpc) is 2.06. The summed E-state index contributed by atoms with van der Waals surface area (Å²) >= 11 is 0. The lowest BCUT2D eigenvalue weighted by Gasteiger charge is -2.40. The minimum atomic E-state index is 0.405. The maximum Gasteiger partial charge on any atom is 0.0151 e. The molecule has 1 fully saturated rings. The number of nitrogens with one attached hydrogen (secondary N) is 1. The summed E-state index contributed by atoms with van der Waals surface area (Å²) in [4.78, 5) is 2.57. The fourth-order valence-electron chi connectivity index (χ4n) is 1.49. The number of rotatable bonds is 2. The van der Waals surface area contributed by atoms with Crippen molar-refractivity contribution in [3.63, 3.8) is 0 Å². The molecule has 66 valence electrons. The van der Waals surface area contributed by atoms with Crippen molar-refractivity contribution in [1.82, 2.24) is 10.2 Å². The molecule has 0 aromatic rings. The van der Waals surface area contributed by atoms with Crippen LogP contribution in [0.2, 0.25) is 0 Å². The second kappa shape index (κ2) is 3.55. The zero-order valence-electron chi connectivity index (χ0n) is 7.98. The summed E-state index contributed by atoms with van der Waals surface area (Å²) in [5.41, 5.74) is 0.405. The van der Waals surface area contributed by atoms with Gasteiger partial charge in [-0.3, -0.25) is 4.90 Å². The first-order chi connectivity index (χ1) is 5.17. The van der Waals surface area contributed by atoms with Crippen molar-refractivity contribution < 1.29 is 0 Å². The SMILES string of the molecule is CCC(C)(C)N1CCNCC1. The number of nitrogens with zero attached hydrogens (tertiary/aromatic N) is 1. The summed E-state index contributed by atoms with van der Waals surface area (Å²) in [6.07, 6.45) is 1.24. The van der Waals surface area contributed by atoms with E-state index in [0.717, 1.165) is 13.1 Å². The first-order valence-corrected chi connectivity index (χ1v) is 4.62. The lowest BCUT2D eigenvalue weighted by atomic mass is 9.98. The molecule has 0 aromatic heterocycles. The molecule has 1 aliphatic heterocycles. The fraction of sp³-hybridized carbons (Fsp3) is 1.00. The van der Waals surface area contributed by atoms with Crippen LogP contribution in [0.5, 0.6) is 0 Å². The van der Waals surface area contributed by atoms with Crippen LogP contribution >= 0.6 is 0 Å². The molecule has 0 aliphatic carbocycles. The predicted octanol–water partition coefficient (Wildman–Crippen LogP) is 1.08. The second-order valence-electron chi connectivity index (χ2n) is 3.90. The zero-order chi connectivity index (χ0) is 8.32. The molecule has 0 bridgehead atoms. The zero-order valence-corrected chi connectivity index (χ0v) is 7.98. The van der Waals surface area contributed by atoms with Crippen LogP contribution in [-0.2, 0) is 0 Å². The van der Waals surface area contributed by atoms with E-state index in [4.69, 9.17) is 0 Å². The van der Waals surface area contributed by atoms with Gasteiger partial charge >= 0.3 is 0 Å². The normalized spacial score (nSPS) is 22.1. The Hall–Kier alpha value is -0.0800. The Labute approximate surface area is 70.0 Å². The molecule has 1 heterocycles. The summed E-state index contributed by atoms with van der Waals surface area (Å²) in [6, 6.07) is 0. The van der Waals surface area contributed by atoms with E-state index in [0.29, 0.717) is 5.54 Å². The number of hydrogen-bond acceptors (Lipinski definition) is 2. The molecule has 0 aromatic carbocycles. The highest BCUT2D eigenvalue weighted by atomic mass is 15.2. The number of piperazine rings is 1. The third-order valence-electron chi connectivity index (χ3n) is 2.84. The molecule has 0 amide bonds. The third kappa shape index (κ3) is 2.17. The lowest BCUT2D eigenvalue weighted by molar-refractivity contribution is 0.100. The molecule has 1 aliphatic rings. The van der Waals surface area contributed by atoms with Gasteiger partial charge in [0.2, 0.25) is 0 Å². The molecule has 1 rings (SSSR count). The Balaban J connectivity index is 2.43. The minimum absolute atomic E-state index is 0.405. The van der Waals surface area contributed by atoms with Crippen LogP contribution in [0.1, 0.15) is 27.2 Å². The Morgan fingerprint density at radius 1 is 1.27 bits per heavy atom. The van der Waals surface area contributed by atoms with Crippen LogP contribution in [0, 0.1) is 0 Å². The Morgan fingerprint density at radius 3 is 2.27 bits per heavy atom. The monoisotopic (exact) mass is 156 g/mol. The second-order valence-corrected chi connectivity index (χ2v) is 3.90. The molecular formula is C9H20N2. The maximum absolute atomic E-state index is 3.37. The van der Waals surface area contributed by atoms with Gasteiger partial charge in [0.15, 0.2) is 0 Å². The summed E-state index contributed by atoms with van der Waals surface area (Å²) in [5.74, 6) is 0. The van der Waals surface area contributed by atoms with Gasteiger partial charge in [-0.2, -0.15) is 0 Å². The average molecular weight is 156 g/mol. The molecule has 2 heteroatoms. The highest BCUT2D eigenvalue weighted by molar-refractivity contribution is 4.82. The molecule has 0 spiro atoms. The van der Waals surface area contributed by atoms with Crippen LogP contribution in [0.25, 0.3) is 0 Å². The number of hydrogen-bond donors (Lipinski definition) is 1. The van der Waals surface area contributed by atoms with Gasteiger partial charge in [0.1, 0.15) is 0 Å². The Bertz CT molecular complexity index is 115. The van der Waals surface area contributed by atoms with Crippen molar-refractivity contribution in [2.45, 2.75) is 32.7 Å². The van der Waals surface area contributed by atoms with Crippen LogP contribution in [-0.4, -0.2) is 36.6 Å². The van der Waals surface area contributed by atoms with E-state index in [1.807, 2.05) is 0 Å². The molecular weight excluding hydrogens is 136 g/mol. The Morgan fingerprint density at radius 2 is 1.82 bits per heavy atom. The summed E-state index contributed by atoms with van der Waals surface area (Å²) in [6.45, 7) is 11.7. The van der Waals surface area contributed by atoms with Gasteiger partial charge < -0.3 is 5.32 Å². The summed E-state index contributed by atoms with van der Waals surface area (Å²) < 4.78 is 0. The Kier molecular flexibility index (Phi) is 2.90. The van der Waals surface area contributed by atoms with E-state index < -0.39 is 0 Å². The molecule has 0 atom stereocenters. The first-order valence-electron chi connectivity index (χ1n) is 4.62. The van der Waals surface area contributed by atoms with Crippen molar-refractivity contribution in [3.8, 4) is 0 Å². The highest BCUT2D eigenvalue weighted by Crippen LogP contribution is 2.17. The molecule has 11 heavy (non-hydrogen) atoms. The van der Waals surface area contributed by atoms with Crippen molar-refractivity contribution >= 4 is 0 Å². The van der Waals surface area contributed by atoms with E-state index in [2.05, 4.69) is 31.0 Å². The van der Waals surface area contributed by atoms with Gasteiger partial charge in [0.25, 0.3) is 0 Å². The van der Waals surface area contributed by atoms with Crippen molar-refractivity contribution in [2.24, 2.45) is 0 Å². The van der Waals surface area contributed by atoms with E-state index >= 15 is 0 Å². The van der Waals surface area contributed by atoms with E-state index in [1.54, 1.807) is 0 Å². The van der Waals surface area contributed by atoms with Gasteiger partial charge in [-0.15, -0.1) is 0 Å². The standard InChI is InChI=1S/C9H20N2/c1-4-9(2,3)11-7-5-10-6-8-11/h10H,4-8H2,1-3H3.